The minimum absolute atomic E-state index is 0.00304. The molecule has 3 aromatic heterocycles. The van der Waals surface area contributed by atoms with Crippen LogP contribution in [0.4, 0.5) is 0 Å². The van der Waals surface area contributed by atoms with Crippen LogP contribution in [-0.2, 0) is 20.6 Å². The average molecular weight is 433 g/mol. The summed E-state index contributed by atoms with van der Waals surface area (Å²) in [5.41, 5.74) is -0.0276. The van der Waals surface area contributed by atoms with Gasteiger partial charge in [-0.3, -0.25) is 18.5 Å². The molecule has 4 rings (SSSR count). The number of ether oxygens (including phenoxy) is 2. The van der Waals surface area contributed by atoms with Crippen molar-refractivity contribution in [2.45, 2.75) is 6.54 Å². The van der Waals surface area contributed by atoms with Crippen molar-refractivity contribution in [1.82, 2.24) is 28.8 Å². The van der Waals surface area contributed by atoms with Gasteiger partial charge in [0.05, 0.1) is 14.2 Å². The molecular weight excluding hydrogens is 416 g/mol. The van der Waals surface area contributed by atoms with Crippen LogP contribution in [0.5, 0.6) is 11.5 Å². The lowest BCUT2D eigenvalue weighted by molar-refractivity contribution is 0.355. The van der Waals surface area contributed by atoms with E-state index in [0.717, 1.165) is 4.57 Å². The predicted molar refractivity (Wildman–Crippen MR) is 107 cm³/mol. The van der Waals surface area contributed by atoms with Crippen LogP contribution in [0, 0.1) is 0 Å². The van der Waals surface area contributed by atoms with E-state index in [9.17, 15) is 9.59 Å². The summed E-state index contributed by atoms with van der Waals surface area (Å²) in [7, 11) is 5.98. The van der Waals surface area contributed by atoms with E-state index in [1.165, 1.54) is 30.3 Å². The first-order valence-corrected chi connectivity index (χ1v) is 9.10. The highest BCUT2D eigenvalue weighted by Gasteiger charge is 2.20. The molecule has 0 aliphatic carbocycles. The molecule has 0 saturated heterocycles. The molecule has 0 atom stereocenters. The molecule has 156 valence electrons. The van der Waals surface area contributed by atoms with Gasteiger partial charge >= 0.3 is 5.69 Å². The standard InChI is InChI=1S/C18H17ClN6O5/c1-23-15-13(16(26)24(2)18(23)27)25(17(19)21-15)8-12-20-14(22-30-12)9-5-6-10(28-3)11(7-9)29-4/h5-7H,8H2,1-4H3. The zero-order chi connectivity index (χ0) is 21.6. The molecule has 1 aromatic carbocycles. The van der Waals surface area contributed by atoms with E-state index >= 15 is 0 Å². The summed E-state index contributed by atoms with van der Waals surface area (Å²) in [4.78, 5) is 33.2. The Kier molecular flexibility index (Phi) is 4.82. The number of nitrogens with zero attached hydrogens (tertiary/aromatic N) is 6. The first-order valence-electron chi connectivity index (χ1n) is 8.72. The Labute approximate surface area is 174 Å². The first kappa shape index (κ1) is 19.7. The fourth-order valence-corrected chi connectivity index (χ4v) is 3.34. The van der Waals surface area contributed by atoms with Gasteiger partial charge in [-0.25, -0.2) is 4.79 Å². The summed E-state index contributed by atoms with van der Waals surface area (Å²) in [5.74, 6) is 1.63. The van der Waals surface area contributed by atoms with Crippen molar-refractivity contribution in [3.8, 4) is 22.9 Å². The molecule has 0 unspecified atom stereocenters. The molecule has 0 N–H and O–H groups in total. The molecule has 0 aliphatic heterocycles. The van der Waals surface area contributed by atoms with Crippen molar-refractivity contribution in [3.05, 3.63) is 50.2 Å². The third kappa shape index (κ3) is 3.03. The third-order valence-electron chi connectivity index (χ3n) is 4.70. The van der Waals surface area contributed by atoms with E-state index in [4.69, 9.17) is 25.6 Å². The zero-order valence-electron chi connectivity index (χ0n) is 16.5. The number of hydrogen-bond acceptors (Lipinski definition) is 8. The average Bonchev–Trinajstić information content (AvgIpc) is 3.35. The van der Waals surface area contributed by atoms with Crippen LogP contribution >= 0.6 is 11.6 Å². The van der Waals surface area contributed by atoms with Crippen LogP contribution in [0.2, 0.25) is 5.28 Å². The molecule has 0 saturated carbocycles. The molecule has 3 heterocycles. The van der Waals surface area contributed by atoms with Crippen molar-refractivity contribution in [3.63, 3.8) is 0 Å². The predicted octanol–water partition coefficient (Wildman–Crippen LogP) is 1.20. The summed E-state index contributed by atoms with van der Waals surface area (Å²) in [6.45, 7) is 0.00304. The molecule has 11 nitrogen and oxygen atoms in total. The normalized spacial score (nSPS) is 11.2. The Morgan fingerprint density at radius 2 is 1.80 bits per heavy atom. The molecule has 0 spiro atoms. The Morgan fingerprint density at radius 3 is 2.50 bits per heavy atom. The van der Waals surface area contributed by atoms with Gasteiger partial charge in [0.15, 0.2) is 22.7 Å². The molecule has 4 aromatic rings. The number of rotatable bonds is 5. The van der Waals surface area contributed by atoms with Crippen molar-refractivity contribution in [1.29, 1.82) is 0 Å². The van der Waals surface area contributed by atoms with Gasteiger partial charge < -0.3 is 14.0 Å². The van der Waals surface area contributed by atoms with E-state index in [0.29, 0.717) is 22.9 Å². The maximum Gasteiger partial charge on any atom is 0.332 e. The summed E-state index contributed by atoms with van der Waals surface area (Å²) in [5, 5.41) is 4.00. The van der Waals surface area contributed by atoms with Crippen LogP contribution in [0.3, 0.4) is 0 Å². The Hall–Kier alpha value is -3.60. The lowest BCUT2D eigenvalue weighted by Gasteiger charge is -2.07. The van der Waals surface area contributed by atoms with E-state index in [-0.39, 0.29) is 28.9 Å². The van der Waals surface area contributed by atoms with Gasteiger partial charge in [0.2, 0.25) is 17.0 Å². The fraction of sp³-hybridized carbons (Fsp3) is 0.278. The number of fused-ring (bicyclic) bond motifs is 1. The zero-order valence-corrected chi connectivity index (χ0v) is 17.3. The summed E-state index contributed by atoms with van der Waals surface area (Å²) in [6, 6.07) is 5.22. The highest BCUT2D eigenvalue weighted by atomic mass is 35.5. The van der Waals surface area contributed by atoms with Crippen LogP contribution in [0.25, 0.3) is 22.6 Å². The number of halogens is 1. The first-order chi connectivity index (χ1) is 14.3. The third-order valence-corrected chi connectivity index (χ3v) is 4.99. The lowest BCUT2D eigenvalue weighted by atomic mass is 10.2. The molecule has 0 fully saturated rings. The van der Waals surface area contributed by atoms with Crippen molar-refractivity contribution in [2.24, 2.45) is 14.1 Å². The maximum absolute atomic E-state index is 12.6. The van der Waals surface area contributed by atoms with Crippen molar-refractivity contribution < 1.29 is 14.0 Å². The molecule has 0 radical (unpaired) electrons. The fourth-order valence-electron chi connectivity index (χ4n) is 3.11. The summed E-state index contributed by atoms with van der Waals surface area (Å²) < 4.78 is 19.5. The minimum Gasteiger partial charge on any atom is -0.493 e. The maximum atomic E-state index is 12.6. The lowest BCUT2D eigenvalue weighted by Crippen LogP contribution is -2.37. The molecule has 30 heavy (non-hydrogen) atoms. The topological polar surface area (TPSA) is 119 Å². The quantitative estimate of drug-likeness (QED) is 0.431. The molecular formula is C18H17ClN6O5. The second kappa shape index (κ2) is 7.34. The number of aryl methyl sites for hydroxylation is 1. The monoisotopic (exact) mass is 432 g/mol. The van der Waals surface area contributed by atoms with Gasteiger partial charge in [0, 0.05) is 19.7 Å². The minimum atomic E-state index is -0.521. The van der Waals surface area contributed by atoms with Gasteiger partial charge in [-0.1, -0.05) is 5.16 Å². The van der Waals surface area contributed by atoms with Crippen molar-refractivity contribution in [2.75, 3.05) is 14.2 Å². The van der Waals surface area contributed by atoms with Crippen LogP contribution in [0.15, 0.2) is 32.3 Å². The Morgan fingerprint density at radius 1 is 1.07 bits per heavy atom. The number of aromatic nitrogens is 6. The smallest absolute Gasteiger partial charge is 0.332 e. The number of imidazole rings is 1. The van der Waals surface area contributed by atoms with E-state index in [2.05, 4.69) is 15.1 Å². The van der Waals surface area contributed by atoms with Crippen molar-refractivity contribution >= 4 is 22.8 Å². The number of benzene rings is 1. The van der Waals surface area contributed by atoms with E-state index in [1.807, 2.05) is 0 Å². The molecule has 0 amide bonds. The number of hydrogen-bond donors (Lipinski definition) is 0. The second-order valence-corrected chi connectivity index (χ2v) is 6.76. The van der Waals surface area contributed by atoms with E-state index < -0.39 is 11.2 Å². The van der Waals surface area contributed by atoms with E-state index in [1.54, 1.807) is 25.3 Å². The highest BCUT2D eigenvalue weighted by Crippen LogP contribution is 2.31. The van der Waals surface area contributed by atoms with Gasteiger partial charge in [0.1, 0.15) is 6.54 Å². The number of methoxy groups -OCH3 is 2. The van der Waals surface area contributed by atoms with Gasteiger partial charge in [-0.2, -0.15) is 9.97 Å². The second-order valence-electron chi connectivity index (χ2n) is 6.43. The highest BCUT2D eigenvalue weighted by molar-refractivity contribution is 6.29. The molecule has 0 bridgehead atoms. The summed E-state index contributed by atoms with van der Waals surface area (Å²) in [6.07, 6.45) is 0. The van der Waals surface area contributed by atoms with Gasteiger partial charge in [0.25, 0.3) is 5.56 Å². The Bertz CT molecular complexity index is 1380. The van der Waals surface area contributed by atoms with Gasteiger partial charge in [-0.15, -0.1) is 0 Å². The Balaban J connectivity index is 1.75. The SMILES string of the molecule is COc1ccc(-c2noc(Cn3c(Cl)nc4c3c(=O)n(C)c(=O)n4C)n2)cc1OC. The molecule has 12 heteroatoms. The van der Waals surface area contributed by atoms with Gasteiger partial charge in [-0.05, 0) is 29.8 Å². The summed E-state index contributed by atoms with van der Waals surface area (Å²) >= 11 is 6.23. The van der Waals surface area contributed by atoms with Crippen LogP contribution in [-0.4, -0.2) is 43.0 Å². The molecule has 0 aliphatic rings. The van der Waals surface area contributed by atoms with Crippen LogP contribution < -0.4 is 20.7 Å². The largest absolute Gasteiger partial charge is 0.493 e. The van der Waals surface area contributed by atoms with Crippen LogP contribution in [0.1, 0.15) is 5.89 Å².